The van der Waals surface area contributed by atoms with Crippen LogP contribution in [0.2, 0.25) is 0 Å². The van der Waals surface area contributed by atoms with Gasteiger partial charge in [0.1, 0.15) is 0 Å². The van der Waals surface area contributed by atoms with Crippen LogP contribution in [-0.2, 0) is 6.54 Å². The van der Waals surface area contributed by atoms with Gasteiger partial charge in [0.2, 0.25) is 5.82 Å². The molecule has 0 fully saturated rings. The third-order valence-corrected chi connectivity index (χ3v) is 3.08. The smallest absolute Gasteiger partial charge is 0.338 e. The highest BCUT2D eigenvalue weighted by Crippen LogP contribution is 2.36. The standard InChI is InChI=1S/C13H14F2N2O3/c1-5-7(13(19)20)8-6(4-17(2)3)12(18)10(15)9(14)11(8)16-5/h16,18H,4H2,1-3H3,(H,19,20). The molecule has 2 rings (SSSR count). The van der Waals surface area contributed by atoms with Crippen molar-refractivity contribution < 1.29 is 23.8 Å². The summed E-state index contributed by atoms with van der Waals surface area (Å²) < 4.78 is 27.6. The molecule has 0 radical (unpaired) electrons. The van der Waals surface area contributed by atoms with Gasteiger partial charge in [-0.15, -0.1) is 0 Å². The minimum Gasteiger partial charge on any atom is -0.505 e. The largest absolute Gasteiger partial charge is 0.505 e. The van der Waals surface area contributed by atoms with Crippen LogP contribution in [0.5, 0.6) is 5.75 Å². The summed E-state index contributed by atoms with van der Waals surface area (Å²) >= 11 is 0. The Morgan fingerprint density at radius 2 is 1.90 bits per heavy atom. The van der Waals surface area contributed by atoms with E-state index in [1.54, 1.807) is 19.0 Å². The minimum atomic E-state index is -1.38. The number of hydrogen-bond donors (Lipinski definition) is 3. The van der Waals surface area contributed by atoms with E-state index in [-0.39, 0.29) is 34.3 Å². The zero-order chi connectivity index (χ0) is 15.2. The molecule has 0 aliphatic rings. The molecule has 0 saturated carbocycles. The Balaban J connectivity index is 2.97. The van der Waals surface area contributed by atoms with Crippen molar-refractivity contribution in [3.05, 3.63) is 28.5 Å². The van der Waals surface area contributed by atoms with Gasteiger partial charge >= 0.3 is 5.97 Å². The number of nitrogens with zero attached hydrogens (tertiary/aromatic N) is 1. The van der Waals surface area contributed by atoms with Crippen molar-refractivity contribution in [1.82, 2.24) is 9.88 Å². The molecule has 0 spiro atoms. The van der Waals surface area contributed by atoms with Crippen LogP contribution >= 0.6 is 0 Å². The molecule has 0 atom stereocenters. The van der Waals surface area contributed by atoms with Crippen LogP contribution in [-0.4, -0.2) is 40.2 Å². The van der Waals surface area contributed by atoms with Crippen molar-refractivity contribution in [2.75, 3.05) is 14.1 Å². The summed E-state index contributed by atoms with van der Waals surface area (Å²) in [6.07, 6.45) is 0. The van der Waals surface area contributed by atoms with Crippen LogP contribution < -0.4 is 0 Å². The number of benzene rings is 1. The maximum Gasteiger partial charge on any atom is 0.338 e. The molecule has 5 nitrogen and oxygen atoms in total. The van der Waals surface area contributed by atoms with Crippen molar-refractivity contribution in [3.63, 3.8) is 0 Å². The first-order chi connectivity index (χ1) is 9.25. The van der Waals surface area contributed by atoms with Gasteiger partial charge < -0.3 is 20.1 Å². The van der Waals surface area contributed by atoms with Crippen LogP contribution in [0.3, 0.4) is 0 Å². The highest BCUT2D eigenvalue weighted by Gasteiger charge is 2.27. The molecule has 1 aromatic heterocycles. The number of hydrogen-bond acceptors (Lipinski definition) is 3. The minimum absolute atomic E-state index is 0.0000926. The van der Waals surface area contributed by atoms with Crippen LogP contribution in [0.25, 0.3) is 10.9 Å². The molecule has 0 amide bonds. The van der Waals surface area contributed by atoms with Crippen molar-refractivity contribution in [2.45, 2.75) is 13.5 Å². The predicted molar refractivity (Wildman–Crippen MR) is 69.0 cm³/mol. The zero-order valence-electron chi connectivity index (χ0n) is 11.2. The summed E-state index contributed by atoms with van der Waals surface area (Å²) in [6.45, 7) is 1.54. The van der Waals surface area contributed by atoms with E-state index in [9.17, 15) is 23.8 Å². The van der Waals surface area contributed by atoms with E-state index in [1.165, 1.54) is 6.92 Å². The number of aromatic amines is 1. The summed E-state index contributed by atoms with van der Waals surface area (Å²) in [5.41, 5.74) is -0.153. The summed E-state index contributed by atoms with van der Waals surface area (Å²) in [7, 11) is 3.35. The highest BCUT2D eigenvalue weighted by molar-refractivity contribution is 6.07. The number of halogens is 2. The van der Waals surface area contributed by atoms with Gasteiger partial charge in [-0.2, -0.15) is 4.39 Å². The SMILES string of the molecule is Cc1[nH]c2c(F)c(F)c(O)c(CN(C)C)c2c1C(=O)O. The Bertz CT molecular complexity index is 708. The molecule has 20 heavy (non-hydrogen) atoms. The Morgan fingerprint density at radius 3 is 2.40 bits per heavy atom. The molecule has 0 aliphatic heterocycles. The molecule has 7 heteroatoms. The first-order valence-electron chi connectivity index (χ1n) is 5.84. The van der Waals surface area contributed by atoms with Gasteiger partial charge in [0.05, 0.1) is 11.1 Å². The second-order valence-corrected chi connectivity index (χ2v) is 4.87. The molecule has 108 valence electrons. The van der Waals surface area contributed by atoms with E-state index in [0.717, 1.165) is 0 Å². The normalized spacial score (nSPS) is 11.5. The highest BCUT2D eigenvalue weighted by atomic mass is 19.2. The van der Waals surface area contributed by atoms with Crippen LogP contribution in [0.15, 0.2) is 0 Å². The summed E-state index contributed by atoms with van der Waals surface area (Å²) in [4.78, 5) is 15.5. The van der Waals surface area contributed by atoms with Crippen molar-refractivity contribution in [1.29, 1.82) is 0 Å². The predicted octanol–water partition coefficient (Wildman–Crippen LogP) is 2.22. The van der Waals surface area contributed by atoms with E-state index >= 15 is 0 Å². The third kappa shape index (κ3) is 2.00. The number of H-pyrrole nitrogens is 1. The Hall–Kier alpha value is -2.15. The molecule has 0 bridgehead atoms. The lowest BCUT2D eigenvalue weighted by Crippen LogP contribution is -2.13. The summed E-state index contributed by atoms with van der Waals surface area (Å²) in [5, 5.41) is 19.0. The molecule has 0 unspecified atom stereocenters. The number of fused-ring (bicyclic) bond motifs is 1. The fourth-order valence-corrected chi connectivity index (χ4v) is 2.29. The number of carboxylic acid groups (broad SMARTS) is 1. The van der Waals surface area contributed by atoms with Gasteiger partial charge in [-0.05, 0) is 21.0 Å². The third-order valence-electron chi connectivity index (χ3n) is 3.08. The first kappa shape index (κ1) is 14.3. The number of nitrogens with one attached hydrogen (secondary N) is 1. The lowest BCUT2D eigenvalue weighted by Gasteiger charge is -2.14. The monoisotopic (exact) mass is 284 g/mol. The van der Waals surface area contributed by atoms with Gasteiger partial charge in [-0.25, -0.2) is 9.18 Å². The molecule has 1 heterocycles. The Kier molecular flexibility index (Phi) is 3.39. The maximum absolute atomic E-state index is 13.9. The van der Waals surface area contributed by atoms with Gasteiger partial charge in [0, 0.05) is 23.2 Å². The fourth-order valence-electron chi connectivity index (χ4n) is 2.29. The lowest BCUT2D eigenvalue weighted by molar-refractivity contribution is 0.0698. The average Bonchev–Trinajstić information content (AvgIpc) is 2.69. The second-order valence-electron chi connectivity index (χ2n) is 4.87. The quantitative estimate of drug-likeness (QED) is 0.807. The molecule has 1 aromatic carbocycles. The number of carboxylic acids is 1. The van der Waals surface area contributed by atoms with Crippen molar-refractivity contribution in [2.24, 2.45) is 0 Å². The number of aromatic hydroxyl groups is 1. The van der Waals surface area contributed by atoms with Crippen LogP contribution in [0, 0.1) is 18.6 Å². The topological polar surface area (TPSA) is 76.6 Å². The number of aromatic carboxylic acids is 1. The van der Waals surface area contributed by atoms with Crippen molar-refractivity contribution >= 4 is 16.9 Å². The van der Waals surface area contributed by atoms with Crippen molar-refractivity contribution in [3.8, 4) is 5.75 Å². The average molecular weight is 284 g/mol. The number of carbonyl (C=O) groups is 1. The Labute approximate surface area is 113 Å². The maximum atomic E-state index is 13.9. The molecule has 2 aromatic rings. The Morgan fingerprint density at radius 1 is 1.30 bits per heavy atom. The second kappa shape index (κ2) is 4.75. The van der Waals surface area contributed by atoms with Gasteiger partial charge in [-0.1, -0.05) is 0 Å². The molecular formula is C13H14F2N2O3. The number of aryl methyl sites for hydroxylation is 1. The molecule has 0 aliphatic carbocycles. The van der Waals surface area contributed by atoms with Gasteiger partial charge in [-0.3, -0.25) is 0 Å². The number of aromatic nitrogens is 1. The molecular weight excluding hydrogens is 270 g/mol. The number of rotatable bonds is 3. The van der Waals surface area contributed by atoms with Crippen LogP contribution in [0.1, 0.15) is 21.6 Å². The first-order valence-corrected chi connectivity index (χ1v) is 5.84. The number of phenols is 1. The van der Waals surface area contributed by atoms with Gasteiger partial charge in [0.25, 0.3) is 0 Å². The summed E-state index contributed by atoms with van der Waals surface area (Å²) in [6, 6.07) is 0. The van der Waals surface area contributed by atoms with Gasteiger partial charge in [0.15, 0.2) is 11.6 Å². The zero-order valence-corrected chi connectivity index (χ0v) is 11.2. The summed E-state index contributed by atoms with van der Waals surface area (Å²) in [5.74, 6) is -4.78. The van der Waals surface area contributed by atoms with Crippen LogP contribution in [0.4, 0.5) is 8.78 Å². The number of phenolic OH excluding ortho intramolecular Hbond substituents is 1. The van der Waals surface area contributed by atoms with E-state index in [2.05, 4.69) is 4.98 Å². The van der Waals surface area contributed by atoms with E-state index < -0.39 is 23.4 Å². The van der Waals surface area contributed by atoms with E-state index in [0.29, 0.717) is 0 Å². The van der Waals surface area contributed by atoms with E-state index in [1.807, 2.05) is 0 Å². The fraction of sp³-hybridized carbons (Fsp3) is 0.308. The van der Waals surface area contributed by atoms with E-state index in [4.69, 9.17) is 0 Å². The molecule has 3 N–H and O–H groups in total. The lowest BCUT2D eigenvalue weighted by atomic mass is 10.0. The molecule has 0 saturated heterocycles.